The van der Waals surface area contributed by atoms with E-state index in [-0.39, 0.29) is 17.0 Å². The number of allylic oxidation sites excluding steroid dienone is 1. The van der Waals surface area contributed by atoms with Gasteiger partial charge in [0.25, 0.3) is 0 Å². The number of aromatic nitrogens is 1. The van der Waals surface area contributed by atoms with Crippen molar-refractivity contribution in [3.63, 3.8) is 0 Å². The van der Waals surface area contributed by atoms with Crippen molar-refractivity contribution in [2.75, 3.05) is 33.8 Å². The van der Waals surface area contributed by atoms with Gasteiger partial charge in [-0.2, -0.15) is 5.26 Å². The van der Waals surface area contributed by atoms with Gasteiger partial charge in [-0.1, -0.05) is 0 Å². The van der Waals surface area contributed by atoms with E-state index in [2.05, 4.69) is 16.4 Å². The van der Waals surface area contributed by atoms with Crippen molar-refractivity contribution < 1.29 is 23.7 Å². The van der Waals surface area contributed by atoms with Crippen molar-refractivity contribution in [2.24, 2.45) is 0 Å². The number of benzene rings is 1. The van der Waals surface area contributed by atoms with Gasteiger partial charge in [0.1, 0.15) is 16.6 Å². The number of nitrogens with one attached hydrogen (secondary N) is 1. The van der Waals surface area contributed by atoms with Crippen LogP contribution in [0.5, 0.6) is 17.2 Å². The number of anilines is 1. The predicted molar refractivity (Wildman–Crippen MR) is 102 cm³/mol. The molecule has 0 aliphatic rings. The maximum Gasteiger partial charge on any atom is 0.340 e. The summed E-state index contributed by atoms with van der Waals surface area (Å²) in [6, 6.07) is 3.56. The molecule has 0 saturated carbocycles. The molecule has 0 bridgehead atoms. The summed E-state index contributed by atoms with van der Waals surface area (Å²) in [5.41, 5.74) is 1.56. The van der Waals surface area contributed by atoms with Gasteiger partial charge in [-0.05, 0) is 6.92 Å². The normalized spacial score (nSPS) is 10.7. The van der Waals surface area contributed by atoms with Gasteiger partial charge in [-0.3, -0.25) is 0 Å². The molecular formula is C18H19N3O5S. The van der Waals surface area contributed by atoms with Crippen LogP contribution in [0.25, 0.3) is 5.57 Å². The molecule has 142 valence electrons. The van der Waals surface area contributed by atoms with E-state index >= 15 is 0 Å². The van der Waals surface area contributed by atoms with Gasteiger partial charge < -0.3 is 24.3 Å². The quantitative estimate of drug-likeness (QED) is 0.569. The van der Waals surface area contributed by atoms with Crippen molar-refractivity contribution in [1.29, 1.82) is 5.26 Å². The zero-order valence-electron chi connectivity index (χ0n) is 15.6. The molecular weight excluding hydrogens is 370 g/mol. The second-order valence-electron chi connectivity index (χ2n) is 5.17. The lowest BCUT2D eigenvalue weighted by atomic mass is 10.1. The number of hydrogen-bond donors (Lipinski definition) is 1. The lowest BCUT2D eigenvalue weighted by molar-refractivity contribution is 0.0601. The first-order valence-electron chi connectivity index (χ1n) is 7.71. The molecule has 0 saturated heterocycles. The monoisotopic (exact) mass is 389 g/mol. The standard InChI is InChI=1S/C18H19N3O5S/c1-10-9-27-17(21-10)11(7-19)8-20-14-12(18(22)26-5)6-13(23-2)15(24-3)16(14)25-4/h6,8-9,20H,1-5H3/b11-8+. The van der Waals surface area contributed by atoms with Crippen molar-refractivity contribution in [3.05, 3.63) is 33.9 Å². The summed E-state index contributed by atoms with van der Waals surface area (Å²) in [6.45, 7) is 1.84. The fourth-order valence-corrected chi connectivity index (χ4v) is 3.10. The number of rotatable bonds is 7. The summed E-state index contributed by atoms with van der Waals surface area (Å²) in [5.74, 6) is 0.238. The Kier molecular flexibility index (Phi) is 6.62. The number of nitrogens with zero attached hydrogens (tertiary/aromatic N) is 2. The Morgan fingerprint density at radius 1 is 1.22 bits per heavy atom. The average molecular weight is 389 g/mol. The largest absolute Gasteiger partial charge is 0.493 e. The molecule has 0 aliphatic carbocycles. The number of nitriles is 1. The smallest absolute Gasteiger partial charge is 0.340 e. The number of ether oxygens (including phenoxy) is 4. The molecule has 1 aromatic carbocycles. The van der Waals surface area contributed by atoms with E-state index in [1.54, 1.807) is 0 Å². The highest BCUT2D eigenvalue weighted by molar-refractivity contribution is 7.10. The zero-order valence-corrected chi connectivity index (χ0v) is 16.4. The molecule has 0 amide bonds. The molecule has 8 nitrogen and oxygen atoms in total. The van der Waals surface area contributed by atoms with Gasteiger partial charge in [0, 0.05) is 23.3 Å². The molecule has 9 heteroatoms. The van der Waals surface area contributed by atoms with Crippen LogP contribution in [0.4, 0.5) is 5.69 Å². The van der Waals surface area contributed by atoms with E-state index in [1.165, 1.54) is 52.0 Å². The van der Waals surface area contributed by atoms with Crippen molar-refractivity contribution >= 4 is 28.6 Å². The molecule has 1 heterocycles. The summed E-state index contributed by atoms with van der Waals surface area (Å²) in [5, 5.41) is 14.8. The Hall–Kier alpha value is -3.25. The minimum Gasteiger partial charge on any atom is -0.493 e. The van der Waals surface area contributed by atoms with Crippen LogP contribution in [0.2, 0.25) is 0 Å². The topological polar surface area (TPSA) is 103 Å². The first-order chi connectivity index (χ1) is 13.0. The number of carbonyl (C=O) groups excluding carboxylic acids is 1. The molecule has 27 heavy (non-hydrogen) atoms. The van der Waals surface area contributed by atoms with Crippen LogP contribution in [0.3, 0.4) is 0 Å². The number of aryl methyl sites for hydroxylation is 1. The molecule has 0 atom stereocenters. The maximum absolute atomic E-state index is 12.2. The van der Waals surface area contributed by atoms with Crippen LogP contribution in [-0.2, 0) is 4.74 Å². The van der Waals surface area contributed by atoms with E-state index in [1.807, 2.05) is 12.3 Å². The second kappa shape index (κ2) is 8.91. The highest BCUT2D eigenvalue weighted by atomic mass is 32.1. The average Bonchev–Trinajstić information content (AvgIpc) is 3.12. The Labute approximate surface area is 161 Å². The first kappa shape index (κ1) is 20.1. The molecule has 0 radical (unpaired) electrons. The molecule has 0 unspecified atom stereocenters. The van der Waals surface area contributed by atoms with Gasteiger partial charge in [0.05, 0.1) is 39.7 Å². The highest BCUT2D eigenvalue weighted by Crippen LogP contribution is 2.45. The highest BCUT2D eigenvalue weighted by Gasteiger charge is 2.24. The van der Waals surface area contributed by atoms with Crippen LogP contribution in [0, 0.1) is 18.3 Å². The van der Waals surface area contributed by atoms with Gasteiger partial charge >= 0.3 is 5.97 Å². The van der Waals surface area contributed by atoms with Crippen molar-refractivity contribution in [3.8, 4) is 23.3 Å². The summed E-state index contributed by atoms with van der Waals surface area (Å²) in [6.07, 6.45) is 1.45. The van der Waals surface area contributed by atoms with Crippen molar-refractivity contribution in [2.45, 2.75) is 6.92 Å². The van der Waals surface area contributed by atoms with Crippen LogP contribution >= 0.6 is 11.3 Å². The number of methoxy groups -OCH3 is 4. The minimum atomic E-state index is -0.603. The van der Waals surface area contributed by atoms with E-state index in [9.17, 15) is 10.1 Å². The van der Waals surface area contributed by atoms with Crippen LogP contribution in [-0.4, -0.2) is 39.4 Å². The Balaban J connectivity index is 2.61. The van der Waals surface area contributed by atoms with Crippen LogP contribution in [0.1, 0.15) is 21.1 Å². The third-order valence-corrected chi connectivity index (χ3v) is 4.56. The van der Waals surface area contributed by atoms with Crippen molar-refractivity contribution in [1.82, 2.24) is 4.98 Å². The molecule has 0 spiro atoms. The van der Waals surface area contributed by atoms with Crippen LogP contribution in [0.15, 0.2) is 17.6 Å². The number of thiazole rings is 1. The summed E-state index contributed by atoms with van der Waals surface area (Å²) in [7, 11) is 5.60. The minimum absolute atomic E-state index is 0.163. The molecule has 1 aromatic heterocycles. The van der Waals surface area contributed by atoms with Gasteiger partial charge in [-0.15, -0.1) is 11.3 Å². The number of carbonyl (C=O) groups is 1. The third-order valence-electron chi connectivity index (χ3n) is 3.57. The SMILES string of the molecule is COC(=O)c1cc(OC)c(OC)c(OC)c1N/C=C(\C#N)c1nc(C)cs1. The fraction of sp³-hybridized carbons (Fsp3) is 0.278. The second-order valence-corrected chi connectivity index (χ2v) is 6.03. The summed E-state index contributed by atoms with van der Waals surface area (Å²) < 4.78 is 20.9. The molecule has 2 rings (SSSR count). The Bertz CT molecular complexity index is 914. The van der Waals surface area contributed by atoms with Gasteiger partial charge in [0.15, 0.2) is 11.5 Å². The van der Waals surface area contributed by atoms with Crippen LogP contribution < -0.4 is 19.5 Å². The lowest BCUT2D eigenvalue weighted by Gasteiger charge is -2.18. The van der Waals surface area contributed by atoms with E-state index in [0.717, 1.165) is 5.69 Å². The molecule has 2 aromatic rings. The number of esters is 1. The maximum atomic E-state index is 12.2. The first-order valence-corrected chi connectivity index (χ1v) is 8.59. The molecule has 0 aliphatic heterocycles. The predicted octanol–water partition coefficient (Wildman–Crippen LogP) is 3.24. The van der Waals surface area contributed by atoms with E-state index < -0.39 is 5.97 Å². The Morgan fingerprint density at radius 3 is 2.41 bits per heavy atom. The lowest BCUT2D eigenvalue weighted by Crippen LogP contribution is -2.09. The summed E-state index contributed by atoms with van der Waals surface area (Å²) in [4.78, 5) is 16.5. The number of hydrogen-bond acceptors (Lipinski definition) is 9. The molecule has 0 fully saturated rings. The zero-order chi connectivity index (χ0) is 20.0. The van der Waals surface area contributed by atoms with Gasteiger partial charge in [-0.25, -0.2) is 9.78 Å². The fourth-order valence-electron chi connectivity index (χ4n) is 2.33. The van der Waals surface area contributed by atoms with E-state index in [4.69, 9.17) is 18.9 Å². The molecule has 1 N–H and O–H groups in total. The summed E-state index contributed by atoms with van der Waals surface area (Å²) >= 11 is 1.35. The van der Waals surface area contributed by atoms with E-state index in [0.29, 0.717) is 22.1 Å². The Morgan fingerprint density at radius 2 is 1.93 bits per heavy atom. The third kappa shape index (κ3) is 4.12. The van der Waals surface area contributed by atoms with Gasteiger partial charge in [0.2, 0.25) is 5.75 Å².